The second-order valence-electron chi connectivity index (χ2n) is 4.63. The van der Waals surface area contributed by atoms with Crippen molar-refractivity contribution in [2.24, 2.45) is 0 Å². The van der Waals surface area contributed by atoms with Gasteiger partial charge in [0.1, 0.15) is 17.2 Å². The molecule has 0 aliphatic heterocycles. The summed E-state index contributed by atoms with van der Waals surface area (Å²) in [5, 5.41) is 0. The maximum Gasteiger partial charge on any atom is 0.263 e. The number of aryl methyl sites for hydroxylation is 1. The summed E-state index contributed by atoms with van der Waals surface area (Å²) in [5.74, 6) is 0.517. The van der Waals surface area contributed by atoms with Crippen LogP contribution in [0, 0.1) is 6.92 Å². The zero-order valence-corrected chi connectivity index (χ0v) is 10.8. The second kappa shape index (κ2) is 4.59. The van der Waals surface area contributed by atoms with Crippen LogP contribution in [0.2, 0.25) is 0 Å². The monoisotopic (exact) mass is 273 g/mol. The molecule has 0 fully saturated rings. The Labute approximate surface area is 114 Å². The van der Waals surface area contributed by atoms with Gasteiger partial charge in [0.15, 0.2) is 0 Å². The number of rotatable bonds is 2. The molecule has 0 bridgehead atoms. The number of nitrogens with two attached hydrogens (primary N) is 1. The van der Waals surface area contributed by atoms with E-state index in [0.717, 1.165) is 16.9 Å². The largest absolute Gasteiger partial charge is 0.383 e. The molecule has 2 N–H and O–H groups in total. The first kappa shape index (κ1) is 12.6. The number of benzene rings is 1. The van der Waals surface area contributed by atoms with E-state index in [-0.39, 0.29) is 5.56 Å². The number of fused-ring (bicyclic) bond motifs is 1. The van der Waals surface area contributed by atoms with Gasteiger partial charge in [-0.05, 0) is 19.1 Å². The predicted molar refractivity (Wildman–Crippen MR) is 74.7 cm³/mol. The third-order valence-corrected chi connectivity index (χ3v) is 3.31. The van der Waals surface area contributed by atoms with Crippen LogP contribution in [0.1, 0.15) is 17.7 Å². The molecule has 3 nitrogen and oxygen atoms in total. The Morgan fingerprint density at radius 1 is 1.10 bits per heavy atom. The van der Waals surface area contributed by atoms with E-state index in [1.807, 2.05) is 29.5 Å². The van der Waals surface area contributed by atoms with E-state index in [1.165, 1.54) is 12.1 Å². The van der Waals surface area contributed by atoms with Crippen LogP contribution >= 0.6 is 0 Å². The summed E-state index contributed by atoms with van der Waals surface area (Å²) < 4.78 is 27.0. The van der Waals surface area contributed by atoms with Crippen molar-refractivity contribution >= 4 is 11.5 Å². The molecule has 20 heavy (non-hydrogen) atoms. The van der Waals surface area contributed by atoms with E-state index in [2.05, 4.69) is 4.98 Å². The number of nitrogen functional groups attached to an aromatic ring is 1. The zero-order chi connectivity index (χ0) is 14.3. The number of imidazole rings is 1. The van der Waals surface area contributed by atoms with Crippen LogP contribution in [0.15, 0.2) is 42.5 Å². The SMILES string of the molecule is Cc1cccc2nc(-c3ccc(C(F)F)cc3)c(N)n12. The van der Waals surface area contributed by atoms with Crippen molar-refractivity contribution in [1.29, 1.82) is 0 Å². The maximum absolute atomic E-state index is 12.6. The molecule has 0 saturated carbocycles. The number of aromatic nitrogens is 2. The molecule has 5 heteroatoms. The Kier molecular flexibility index (Phi) is 2.89. The van der Waals surface area contributed by atoms with Gasteiger partial charge in [-0.3, -0.25) is 4.40 Å². The topological polar surface area (TPSA) is 43.3 Å². The van der Waals surface area contributed by atoms with E-state index < -0.39 is 6.43 Å². The van der Waals surface area contributed by atoms with E-state index in [0.29, 0.717) is 11.5 Å². The molecule has 0 saturated heterocycles. The molecule has 2 aromatic heterocycles. The lowest BCUT2D eigenvalue weighted by Crippen LogP contribution is -1.97. The van der Waals surface area contributed by atoms with Gasteiger partial charge in [-0.1, -0.05) is 30.3 Å². The molecule has 0 unspecified atom stereocenters. The molecule has 102 valence electrons. The number of pyridine rings is 1. The first-order valence-corrected chi connectivity index (χ1v) is 6.20. The van der Waals surface area contributed by atoms with Crippen LogP contribution < -0.4 is 5.73 Å². The quantitative estimate of drug-likeness (QED) is 0.771. The van der Waals surface area contributed by atoms with Crippen molar-refractivity contribution in [2.75, 3.05) is 5.73 Å². The molecule has 0 amide bonds. The fourth-order valence-corrected chi connectivity index (χ4v) is 2.28. The average molecular weight is 273 g/mol. The highest BCUT2D eigenvalue weighted by atomic mass is 19.3. The minimum absolute atomic E-state index is 0.00716. The lowest BCUT2D eigenvalue weighted by atomic mass is 10.1. The molecule has 0 aliphatic rings. The van der Waals surface area contributed by atoms with E-state index in [9.17, 15) is 8.78 Å². The highest BCUT2D eigenvalue weighted by Gasteiger charge is 2.13. The summed E-state index contributed by atoms with van der Waals surface area (Å²) in [6.45, 7) is 1.94. The van der Waals surface area contributed by atoms with Gasteiger partial charge in [-0.25, -0.2) is 13.8 Å². The smallest absolute Gasteiger partial charge is 0.263 e. The van der Waals surface area contributed by atoms with Gasteiger partial charge < -0.3 is 5.73 Å². The minimum Gasteiger partial charge on any atom is -0.383 e. The van der Waals surface area contributed by atoms with Gasteiger partial charge in [0, 0.05) is 16.8 Å². The van der Waals surface area contributed by atoms with Gasteiger partial charge in [0.05, 0.1) is 0 Å². The second-order valence-corrected chi connectivity index (χ2v) is 4.63. The van der Waals surface area contributed by atoms with E-state index in [4.69, 9.17) is 5.73 Å². The Morgan fingerprint density at radius 3 is 2.40 bits per heavy atom. The molecule has 1 aromatic carbocycles. The number of hydrogen-bond donors (Lipinski definition) is 1. The zero-order valence-electron chi connectivity index (χ0n) is 10.8. The third-order valence-electron chi connectivity index (χ3n) is 3.31. The highest BCUT2D eigenvalue weighted by molar-refractivity contribution is 5.75. The Bertz CT molecular complexity index is 761. The molecule has 0 radical (unpaired) electrons. The fourth-order valence-electron chi connectivity index (χ4n) is 2.28. The van der Waals surface area contributed by atoms with Gasteiger partial charge in [0.25, 0.3) is 6.43 Å². The van der Waals surface area contributed by atoms with Gasteiger partial charge >= 0.3 is 0 Å². The number of halogens is 2. The lowest BCUT2D eigenvalue weighted by Gasteiger charge is -2.03. The standard InChI is InChI=1S/C15H13F2N3/c1-9-3-2-4-12-19-13(15(18)20(9)12)10-5-7-11(8-6-10)14(16)17/h2-8,14H,18H2,1H3. The highest BCUT2D eigenvalue weighted by Crippen LogP contribution is 2.29. The normalized spacial score (nSPS) is 11.4. The molecule has 3 rings (SSSR count). The maximum atomic E-state index is 12.6. The van der Waals surface area contributed by atoms with Crippen molar-refractivity contribution in [3.8, 4) is 11.3 Å². The summed E-state index contributed by atoms with van der Waals surface area (Å²) in [6, 6.07) is 11.7. The van der Waals surface area contributed by atoms with Gasteiger partial charge in [0.2, 0.25) is 0 Å². The van der Waals surface area contributed by atoms with Crippen LogP contribution in [0.4, 0.5) is 14.6 Å². The Morgan fingerprint density at radius 2 is 1.80 bits per heavy atom. The lowest BCUT2D eigenvalue weighted by molar-refractivity contribution is 0.151. The first-order chi connectivity index (χ1) is 9.58. The van der Waals surface area contributed by atoms with Gasteiger partial charge in [-0.2, -0.15) is 0 Å². The molecule has 2 heterocycles. The van der Waals surface area contributed by atoms with Crippen molar-refractivity contribution in [1.82, 2.24) is 9.38 Å². The van der Waals surface area contributed by atoms with Crippen LogP contribution in [0.3, 0.4) is 0 Å². The van der Waals surface area contributed by atoms with Crippen LogP contribution in [-0.4, -0.2) is 9.38 Å². The van der Waals surface area contributed by atoms with Gasteiger partial charge in [-0.15, -0.1) is 0 Å². The van der Waals surface area contributed by atoms with E-state index in [1.54, 1.807) is 12.1 Å². The summed E-state index contributed by atoms with van der Waals surface area (Å²) in [4.78, 5) is 4.47. The Balaban J connectivity index is 2.15. The minimum atomic E-state index is -2.47. The third kappa shape index (κ3) is 1.91. The summed E-state index contributed by atoms with van der Waals surface area (Å²) >= 11 is 0. The van der Waals surface area contributed by atoms with Crippen molar-refractivity contribution < 1.29 is 8.78 Å². The van der Waals surface area contributed by atoms with Crippen molar-refractivity contribution in [3.05, 3.63) is 53.7 Å². The summed E-state index contributed by atoms with van der Waals surface area (Å²) in [6.07, 6.45) is -2.47. The Hall–Kier alpha value is -2.43. The molecule has 0 atom stereocenters. The fraction of sp³-hybridized carbons (Fsp3) is 0.133. The van der Waals surface area contributed by atoms with Crippen molar-refractivity contribution in [3.63, 3.8) is 0 Å². The number of nitrogens with zero attached hydrogens (tertiary/aromatic N) is 2. The number of hydrogen-bond acceptors (Lipinski definition) is 2. The molecule has 3 aromatic rings. The molecule has 0 aliphatic carbocycles. The average Bonchev–Trinajstić information content (AvgIpc) is 2.77. The van der Waals surface area contributed by atoms with Crippen molar-refractivity contribution in [2.45, 2.75) is 13.3 Å². The molecular weight excluding hydrogens is 260 g/mol. The first-order valence-electron chi connectivity index (χ1n) is 6.20. The number of anilines is 1. The van der Waals surface area contributed by atoms with Crippen LogP contribution in [0.25, 0.3) is 16.9 Å². The van der Waals surface area contributed by atoms with Crippen LogP contribution in [0.5, 0.6) is 0 Å². The summed E-state index contributed by atoms with van der Waals surface area (Å²) in [5.41, 5.74) is 9.18. The number of alkyl halides is 2. The summed E-state index contributed by atoms with van der Waals surface area (Å²) in [7, 11) is 0. The molecule has 0 spiro atoms. The van der Waals surface area contributed by atoms with Crippen LogP contribution in [-0.2, 0) is 0 Å². The molecular formula is C15H13F2N3. The predicted octanol–water partition coefficient (Wildman–Crippen LogP) is 3.83. The van der Waals surface area contributed by atoms with E-state index >= 15 is 0 Å².